The Balaban J connectivity index is 1.99. The normalized spacial score (nSPS) is 20.9. The van der Waals surface area contributed by atoms with E-state index < -0.39 is 46.5 Å². The van der Waals surface area contributed by atoms with Crippen LogP contribution in [0.5, 0.6) is 0 Å². The molecule has 0 spiro atoms. The second kappa shape index (κ2) is 10.5. The average molecular weight is 539 g/mol. The quantitative estimate of drug-likeness (QED) is 0.308. The number of ether oxygens (including phenoxy) is 2. The van der Waals surface area contributed by atoms with Gasteiger partial charge in [0.25, 0.3) is 0 Å². The Morgan fingerprint density at radius 2 is 1.46 bits per heavy atom. The van der Waals surface area contributed by atoms with E-state index >= 15 is 0 Å². The van der Waals surface area contributed by atoms with Crippen LogP contribution in [0.3, 0.4) is 0 Å². The van der Waals surface area contributed by atoms with Crippen molar-refractivity contribution in [3.05, 3.63) is 107 Å². The number of carbonyl (C=O) groups is 2. The van der Waals surface area contributed by atoms with Gasteiger partial charge in [-0.2, -0.15) is 13.2 Å². The summed E-state index contributed by atoms with van der Waals surface area (Å²) in [7, 11) is 0. The third-order valence-electron chi connectivity index (χ3n) is 6.93. The number of hydrogen-bond acceptors (Lipinski definition) is 4. The molecule has 0 aromatic heterocycles. The zero-order valence-electron chi connectivity index (χ0n) is 22.7. The first-order valence-electron chi connectivity index (χ1n) is 13.0. The molecule has 1 aliphatic rings. The van der Waals surface area contributed by atoms with Crippen molar-refractivity contribution in [2.45, 2.75) is 76.2 Å². The van der Waals surface area contributed by atoms with E-state index in [1.807, 2.05) is 42.5 Å². The number of esters is 2. The van der Waals surface area contributed by atoms with Crippen molar-refractivity contribution in [2.24, 2.45) is 0 Å². The van der Waals surface area contributed by atoms with Crippen molar-refractivity contribution in [2.75, 3.05) is 0 Å². The molecule has 0 saturated heterocycles. The molecule has 1 aliphatic carbocycles. The van der Waals surface area contributed by atoms with Crippen LogP contribution < -0.4 is 0 Å². The molecule has 1 unspecified atom stereocenters. The highest BCUT2D eigenvalue weighted by atomic mass is 19.4. The maximum Gasteiger partial charge on any atom is 0.416 e. The summed E-state index contributed by atoms with van der Waals surface area (Å²) < 4.78 is 51.7. The molecule has 39 heavy (non-hydrogen) atoms. The second-order valence-electron chi connectivity index (χ2n) is 11.3. The molecule has 0 aliphatic heterocycles. The highest BCUT2D eigenvalue weighted by Crippen LogP contribution is 2.58. The van der Waals surface area contributed by atoms with Crippen molar-refractivity contribution in [1.29, 1.82) is 0 Å². The van der Waals surface area contributed by atoms with Gasteiger partial charge in [-0.25, -0.2) is 0 Å². The molecule has 0 radical (unpaired) electrons. The number of hydrogen-bond donors (Lipinski definition) is 0. The molecule has 3 atom stereocenters. The molecule has 3 aromatic carbocycles. The summed E-state index contributed by atoms with van der Waals surface area (Å²) in [5.74, 6) is -2.56. The lowest BCUT2D eigenvalue weighted by atomic mass is 9.66. The van der Waals surface area contributed by atoms with Crippen molar-refractivity contribution < 1.29 is 32.2 Å². The molecule has 0 heterocycles. The highest BCUT2D eigenvalue weighted by molar-refractivity contribution is 5.93. The Morgan fingerprint density at radius 3 is 2.03 bits per heavy atom. The summed E-state index contributed by atoms with van der Waals surface area (Å²) in [6, 6.07) is 21.3. The van der Waals surface area contributed by atoms with Gasteiger partial charge in [0, 0.05) is 5.92 Å². The summed E-state index contributed by atoms with van der Waals surface area (Å²) in [5, 5.41) is 0. The lowest BCUT2D eigenvalue weighted by molar-refractivity contribution is -0.164. The minimum atomic E-state index is -4.49. The SMILES string of the molecule is CC(C)OC(=O)C1c2ccccc2[C@](Cc2ccc(C(F)(F)F)cc2)(C(=O)OC(C)(C)C)[C@@H]1c1ccccc1. The molecule has 0 amide bonds. The second-order valence-corrected chi connectivity index (χ2v) is 11.3. The van der Waals surface area contributed by atoms with Crippen LogP contribution in [0.2, 0.25) is 0 Å². The van der Waals surface area contributed by atoms with E-state index in [1.165, 1.54) is 12.1 Å². The molecule has 0 bridgehead atoms. The molecule has 0 saturated carbocycles. The fraction of sp³-hybridized carbons (Fsp3) is 0.375. The molecular weight excluding hydrogens is 505 g/mol. The summed E-state index contributed by atoms with van der Waals surface area (Å²) in [5.41, 5.74) is -0.529. The van der Waals surface area contributed by atoms with Crippen LogP contribution in [-0.4, -0.2) is 23.6 Å². The van der Waals surface area contributed by atoms with Gasteiger partial charge in [0.1, 0.15) is 11.0 Å². The summed E-state index contributed by atoms with van der Waals surface area (Å²) in [6.07, 6.45) is -4.84. The Hall–Kier alpha value is -3.61. The number of benzene rings is 3. The molecule has 3 aromatic rings. The topological polar surface area (TPSA) is 52.6 Å². The van der Waals surface area contributed by atoms with Gasteiger partial charge in [0.05, 0.1) is 17.6 Å². The van der Waals surface area contributed by atoms with E-state index in [-0.39, 0.29) is 12.5 Å². The molecular formula is C32H33F3O4. The highest BCUT2D eigenvalue weighted by Gasteiger charge is 2.61. The Labute approximate surface area is 227 Å². The fourth-order valence-corrected chi connectivity index (χ4v) is 5.53. The lowest BCUT2D eigenvalue weighted by Crippen LogP contribution is -2.46. The van der Waals surface area contributed by atoms with E-state index in [1.54, 1.807) is 46.8 Å². The Kier molecular flexibility index (Phi) is 7.66. The first-order valence-corrected chi connectivity index (χ1v) is 13.0. The van der Waals surface area contributed by atoms with Crippen LogP contribution in [0.15, 0.2) is 78.9 Å². The van der Waals surface area contributed by atoms with Crippen LogP contribution in [0.1, 0.15) is 74.3 Å². The Bertz CT molecular complexity index is 1320. The molecule has 0 N–H and O–H groups in total. The maximum atomic E-state index is 14.4. The van der Waals surface area contributed by atoms with Gasteiger partial charge in [-0.1, -0.05) is 66.7 Å². The van der Waals surface area contributed by atoms with E-state index in [2.05, 4.69) is 0 Å². The standard InChI is InChI=1S/C32H33F3O4/c1-20(2)38-28(36)26-24-13-9-10-14-25(24)31(29(37)39-30(3,4)5,27(26)22-11-7-6-8-12-22)19-21-15-17-23(18-16-21)32(33,34)35/h6-18,20,26-27H,19H2,1-5H3/t26?,27-,31+/m1/s1. The van der Waals surface area contributed by atoms with E-state index in [0.29, 0.717) is 16.7 Å². The van der Waals surface area contributed by atoms with Crippen molar-refractivity contribution in [3.63, 3.8) is 0 Å². The molecule has 4 nitrogen and oxygen atoms in total. The average Bonchev–Trinajstić information content (AvgIpc) is 3.14. The third-order valence-corrected chi connectivity index (χ3v) is 6.93. The summed E-state index contributed by atoms with van der Waals surface area (Å²) in [6.45, 7) is 8.82. The van der Waals surface area contributed by atoms with Gasteiger partial charge < -0.3 is 9.47 Å². The fourth-order valence-electron chi connectivity index (χ4n) is 5.53. The van der Waals surface area contributed by atoms with Crippen molar-refractivity contribution >= 4 is 11.9 Å². The van der Waals surface area contributed by atoms with Crippen LogP contribution in [0.4, 0.5) is 13.2 Å². The third kappa shape index (κ3) is 5.72. The van der Waals surface area contributed by atoms with Crippen LogP contribution in [-0.2, 0) is 37.1 Å². The van der Waals surface area contributed by atoms with Gasteiger partial charge in [-0.15, -0.1) is 0 Å². The lowest BCUT2D eigenvalue weighted by Gasteiger charge is -2.38. The first kappa shape index (κ1) is 28.4. The number of alkyl halides is 3. The minimum Gasteiger partial charge on any atom is -0.462 e. The monoisotopic (exact) mass is 538 g/mol. The zero-order chi connectivity index (χ0) is 28.6. The summed E-state index contributed by atoms with van der Waals surface area (Å²) in [4.78, 5) is 28.1. The van der Waals surface area contributed by atoms with Crippen LogP contribution in [0.25, 0.3) is 0 Å². The summed E-state index contributed by atoms with van der Waals surface area (Å²) >= 11 is 0. The predicted octanol–water partition coefficient (Wildman–Crippen LogP) is 7.36. The molecule has 4 rings (SSSR count). The van der Waals surface area contributed by atoms with Crippen LogP contribution >= 0.6 is 0 Å². The minimum absolute atomic E-state index is 0.0298. The van der Waals surface area contributed by atoms with Gasteiger partial charge in [0.15, 0.2) is 0 Å². The van der Waals surface area contributed by atoms with Crippen LogP contribution in [0, 0.1) is 0 Å². The van der Waals surface area contributed by atoms with Gasteiger partial charge in [-0.05, 0) is 75.4 Å². The van der Waals surface area contributed by atoms with Crippen molar-refractivity contribution in [3.8, 4) is 0 Å². The smallest absolute Gasteiger partial charge is 0.416 e. The predicted molar refractivity (Wildman–Crippen MR) is 142 cm³/mol. The van der Waals surface area contributed by atoms with Gasteiger partial charge in [0.2, 0.25) is 0 Å². The number of halogens is 3. The van der Waals surface area contributed by atoms with Gasteiger partial charge in [-0.3, -0.25) is 9.59 Å². The van der Waals surface area contributed by atoms with E-state index in [4.69, 9.17) is 9.47 Å². The molecule has 7 heteroatoms. The van der Waals surface area contributed by atoms with E-state index in [9.17, 15) is 22.8 Å². The number of fused-ring (bicyclic) bond motifs is 1. The number of carbonyl (C=O) groups excluding carboxylic acids is 2. The van der Waals surface area contributed by atoms with Gasteiger partial charge >= 0.3 is 18.1 Å². The maximum absolute atomic E-state index is 14.4. The zero-order valence-corrected chi connectivity index (χ0v) is 22.7. The molecule has 0 fully saturated rings. The first-order chi connectivity index (χ1) is 18.2. The largest absolute Gasteiger partial charge is 0.462 e. The van der Waals surface area contributed by atoms with E-state index in [0.717, 1.165) is 17.7 Å². The Morgan fingerprint density at radius 1 is 0.872 bits per heavy atom. The van der Waals surface area contributed by atoms with Crippen molar-refractivity contribution in [1.82, 2.24) is 0 Å². The number of rotatable bonds is 6. The molecule has 206 valence electrons.